The fourth-order valence-corrected chi connectivity index (χ4v) is 1.79. The third-order valence-electron chi connectivity index (χ3n) is 1.98. The Bertz CT molecular complexity index is 308. The van der Waals surface area contributed by atoms with E-state index in [9.17, 15) is 4.39 Å². The molecule has 78 valence electrons. The summed E-state index contributed by atoms with van der Waals surface area (Å²) in [7, 11) is 1.51. The van der Waals surface area contributed by atoms with Gasteiger partial charge in [-0.1, -0.05) is 17.7 Å². The molecule has 0 bridgehead atoms. The first kappa shape index (κ1) is 11.4. The van der Waals surface area contributed by atoms with Crippen LogP contribution < -0.4 is 5.73 Å². The Kier molecular flexibility index (Phi) is 3.48. The lowest BCUT2D eigenvalue weighted by Gasteiger charge is -2.25. The molecule has 0 saturated carbocycles. The molecule has 0 aliphatic rings. The van der Waals surface area contributed by atoms with E-state index in [1.807, 2.05) is 0 Å². The van der Waals surface area contributed by atoms with Crippen LogP contribution in [0.4, 0.5) is 4.39 Å². The number of hydrogen-bond acceptors (Lipinski definition) is 2. The van der Waals surface area contributed by atoms with Gasteiger partial charge in [0, 0.05) is 17.7 Å². The molecular weight excluding hydrogens is 205 g/mol. The molecule has 1 unspecified atom stereocenters. The fraction of sp³-hybridized carbons (Fsp3) is 0.400. The van der Waals surface area contributed by atoms with Crippen molar-refractivity contribution in [1.82, 2.24) is 0 Å². The van der Waals surface area contributed by atoms with E-state index in [1.54, 1.807) is 19.1 Å². The van der Waals surface area contributed by atoms with Crippen molar-refractivity contribution in [1.29, 1.82) is 0 Å². The van der Waals surface area contributed by atoms with E-state index in [1.165, 1.54) is 13.2 Å². The SMILES string of the molecule is COCC(C)(N)c1c(F)cccc1Cl. The molecular formula is C10H13ClFNO. The molecule has 0 aromatic heterocycles. The molecule has 1 rings (SSSR count). The molecule has 0 aliphatic heterocycles. The zero-order valence-corrected chi connectivity index (χ0v) is 8.94. The summed E-state index contributed by atoms with van der Waals surface area (Å²) in [5.41, 5.74) is 5.29. The minimum Gasteiger partial charge on any atom is -0.382 e. The topological polar surface area (TPSA) is 35.2 Å². The Hall–Kier alpha value is -0.640. The van der Waals surface area contributed by atoms with E-state index < -0.39 is 11.4 Å². The molecule has 14 heavy (non-hydrogen) atoms. The third kappa shape index (κ3) is 2.23. The van der Waals surface area contributed by atoms with E-state index in [0.29, 0.717) is 10.6 Å². The van der Waals surface area contributed by atoms with Gasteiger partial charge >= 0.3 is 0 Å². The van der Waals surface area contributed by atoms with E-state index in [4.69, 9.17) is 22.1 Å². The molecule has 0 heterocycles. The smallest absolute Gasteiger partial charge is 0.129 e. The van der Waals surface area contributed by atoms with Crippen molar-refractivity contribution in [3.05, 3.63) is 34.6 Å². The molecule has 0 aliphatic carbocycles. The monoisotopic (exact) mass is 217 g/mol. The molecule has 0 radical (unpaired) electrons. The molecule has 1 aromatic carbocycles. The van der Waals surface area contributed by atoms with Gasteiger partial charge in [-0.2, -0.15) is 0 Å². The number of halogens is 2. The zero-order valence-electron chi connectivity index (χ0n) is 8.18. The molecule has 2 N–H and O–H groups in total. The van der Waals surface area contributed by atoms with Gasteiger partial charge in [0.2, 0.25) is 0 Å². The summed E-state index contributed by atoms with van der Waals surface area (Å²) in [6.07, 6.45) is 0. The fourth-order valence-electron chi connectivity index (χ4n) is 1.42. The van der Waals surface area contributed by atoms with Crippen LogP contribution in [-0.2, 0) is 10.3 Å². The lowest BCUT2D eigenvalue weighted by atomic mass is 9.93. The maximum absolute atomic E-state index is 13.4. The Morgan fingerprint density at radius 3 is 2.71 bits per heavy atom. The van der Waals surface area contributed by atoms with Crippen molar-refractivity contribution in [2.75, 3.05) is 13.7 Å². The summed E-state index contributed by atoms with van der Waals surface area (Å²) >= 11 is 5.87. The highest BCUT2D eigenvalue weighted by Gasteiger charge is 2.27. The van der Waals surface area contributed by atoms with Gasteiger partial charge < -0.3 is 10.5 Å². The van der Waals surface area contributed by atoms with Crippen LogP contribution >= 0.6 is 11.6 Å². The number of benzene rings is 1. The molecule has 0 amide bonds. The lowest BCUT2D eigenvalue weighted by Crippen LogP contribution is -2.39. The quantitative estimate of drug-likeness (QED) is 0.843. The highest BCUT2D eigenvalue weighted by molar-refractivity contribution is 6.31. The maximum atomic E-state index is 13.4. The summed E-state index contributed by atoms with van der Waals surface area (Å²) in [6, 6.07) is 4.49. The van der Waals surface area contributed by atoms with E-state index in [-0.39, 0.29) is 6.61 Å². The van der Waals surface area contributed by atoms with Crippen molar-refractivity contribution in [3.63, 3.8) is 0 Å². The average molecular weight is 218 g/mol. The van der Waals surface area contributed by atoms with Gasteiger partial charge in [-0.25, -0.2) is 4.39 Å². The second-order valence-electron chi connectivity index (χ2n) is 3.45. The van der Waals surface area contributed by atoms with Gasteiger partial charge in [0.1, 0.15) is 5.82 Å². The highest BCUT2D eigenvalue weighted by atomic mass is 35.5. The van der Waals surface area contributed by atoms with Crippen LogP contribution in [0.25, 0.3) is 0 Å². The number of methoxy groups -OCH3 is 1. The standard InChI is InChI=1S/C10H13ClFNO/c1-10(13,6-14-2)9-7(11)4-3-5-8(9)12/h3-5H,6,13H2,1-2H3. The first-order valence-electron chi connectivity index (χ1n) is 4.21. The molecule has 1 aromatic rings. The normalized spacial score (nSPS) is 15.2. The van der Waals surface area contributed by atoms with E-state index >= 15 is 0 Å². The first-order valence-corrected chi connectivity index (χ1v) is 4.59. The van der Waals surface area contributed by atoms with Crippen LogP contribution in [0, 0.1) is 5.82 Å². The average Bonchev–Trinajstić information content (AvgIpc) is 2.02. The van der Waals surface area contributed by atoms with E-state index in [0.717, 1.165) is 0 Å². The number of nitrogens with two attached hydrogens (primary N) is 1. The number of rotatable bonds is 3. The number of hydrogen-bond donors (Lipinski definition) is 1. The summed E-state index contributed by atoms with van der Waals surface area (Å²) in [5, 5.41) is 0.326. The van der Waals surface area contributed by atoms with Gasteiger partial charge in [-0.15, -0.1) is 0 Å². The van der Waals surface area contributed by atoms with Crippen LogP contribution in [0.5, 0.6) is 0 Å². The molecule has 0 spiro atoms. The maximum Gasteiger partial charge on any atom is 0.129 e. The highest BCUT2D eigenvalue weighted by Crippen LogP contribution is 2.28. The summed E-state index contributed by atoms with van der Waals surface area (Å²) in [5.74, 6) is -0.403. The summed E-state index contributed by atoms with van der Waals surface area (Å²) < 4.78 is 18.4. The second kappa shape index (κ2) is 4.26. The molecule has 2 nitrogen and oxygen atoms in total. The molecule has 0 fully saturated rings. The van der Waals surface area contributed by atoms with Crippen LogP contribution in [0.2, 0.25) is 5.02 Å². The first-order chi connectivity index (χ1) is 6.49. The minimum absolute atomic E-state index is 0.216. The Balaban J connectivity index is 3.17. The van der Waals surface area contributed by atoms with Gasteiger partial charge in [0.15, 0.2) is 0 Å². The Morgan fingerprint density at radius 1 is 1.57 bits per heavy atom. The van der Waals surface area contributed by atoms with Gasteiger partial charge in [-0.05, 0) is 19.1 Å². The van der Waals surface area contributed by atoms with Crippen molar-refractivity contribution in [2.45, 2.75) is 12.5 Å². The van der Waals surface area contributed by atoms with Crippen molar-refractivity contribution < 1.29 is 9.13 Å². The summed E-state index contributed by atoms with van der Waals surface area (Å²) in [6.45, 7) is 1.90. The van der Waals surface area contributed by atoms with Crippen LogP contribution in [0.1, 0.15) is 12.5 Å². The van der Waals surface area contributed by atoms with Crippen LogP contribution in [0.15, 0.2) is 18.2 Å². The Labute approximate surface area is 87.8 Å². The van der Waals surface area contributed by atoms with Crippen molar-refractivity contribution in [3.8, 4) is 0 Å². The van der Waals surface area contributed by atoms with Crippen molar-refractivity contribution >= 4 is 11.6 Å². The van der Waals surface area contributed by atoms with Crippen LogP contribution in [-0.4, -0.2) is 13.7 Å². The predicted molar refractivity (Wildman–Crippen MR) is 54.8 cm³/mol. The lowest BCUT2D eigenvalue weighted by molar-refractivity contribution is 0.139. The molecule has 1 atom stereocenters. The van der Waals surface area contributed by atoms with Crippen LogP contribution in [0.3, 0.4) is 0 Å². The minimum atomic E-state index is -0.906. The molecule has 4 heteroatoms. The molecule has 0 saturated heterocycles. The summed E-state index contributed by atoms with van der Waals surface area (Å²) in [4.78, 5) is 0. The predicted octanol–water partition coefficient (Wildman–Crippen LogP) is 2.30. The Morgan fingerprint density at radius 2 is 2.21 bits per heavy atom. The largest absolute Gasteiger partial charge is 0.382 e. The third-order valence-corrected chi connectivity index (χ3v) is 2.29. The van der Waals surface area contributed by atoms with Crippen molar-refractivity contribution in [2.24, 2.45) is 5.73 Å². The van der Waals surface area contributed by atoms with Gasteiger partial charge in [-0.3, -0.25) is 0 Å². The number of ether oxygens (including phenoxy) is 1. The van der Waals surface area contributed by atoms with E-state index in [2.05, 4.69) is 0 Å². The van der Waals surface area contributed by atoms with Gasteiger partial charge in [0.05, 0.1) is 12.1 Å². The zero-order chi connectivity index (χ0) is 10.8. The second-order valence-corrected chi connectivity index (χ2v) is 3.85. The van der Waals surface area contributed by atoms with Gasteiger partial charge in [0.25, 0.3) is 0 Å².